The van der Waals surface area contributed by atoms with Crippen molar-refractivity contribution in [2.45, 2.75) is 38.5 Å². The van der Waals surface area contributed by atoms with E-state index in [0.717, 1.165) is 29.1 Å². The van der Waals surface area contributed by atoms with Gasteiger partial charge >= 0.3 is 0 Å². The molecule has 112 valence electrons. The maximum atomic E-state index is 6.02. The van der Waals surface area contributed by atoms with Gasteiger partial charge in [0.15, 0.2) is 5.82 Å². The zero-order valence-electron chi connectivity index (χ0n) is 12.5. The Bertz CT molecular complexity index is 601. The molecule has 2 aromatic rings. The molecule has 0 aliphatic heterocycles. The van der Waals surface area contributed by atoms with Gasteiger partial charge in [0, 0.05) is 6.42 Å². The van der Waals surface area contributed by atoms with E-state index in [4.69, 9.17) is 15.0 Å². The van der Waals surface area contributed by atoms with Crippen molar-refractivity contribution in [3.63, 3.8) is 0 Å². The number of rotatable bonds is 4. The predicted octanol–water partition coefficient (Wildman–Crippen LogP) is 4.06. The molecule has 1 aliphatic rings. The van der Waals surface area contributed by atoms with Crippen molar-refractivity contribution >= 4 is 5.82 Å². The molecule has 1 aromatic heterocycles. The lowest BCUT2D eigenvalue weighted by molar-refractivity contribution is 0.311. The molecule has 1 fully saturated rings. The summed E-state index contributed by atoms with van der Waals surface area (Å²) in [5.41, 5.74) is 7.97. The van der Waals surface area contributed by atoms with Crippen LogP contribution in [0.4, 0.5) is 5.82 Å². The zero-order valence-corrected chi connectivity index (χ0v) is 12.5. The fourth-order valence-electron chi connectivity index (χ4n) is 3.22. The zero-order chi connectivity index (χ0) is 14.7. The number of aromatic nitrogens is 1. The molecule has 1 saturated carbocycles. The maximum absolute atomic E-state index is 6.02. The Morgan fingerprint density at radius 1 is 1.29 bits per heavy atom. The summed E-state index contributed by atoms with van der Waals surface area (Å²) < 4.78 is 10.8. The quantitative estimate of drug-likeness (QED) is 0.920. The molecule has 1 aliphatic carbocycles. The van der Waals surface area contributed by atoms with Crippen LogP contribution in [-0.4, -0.2) is 12.3 Å². The minimum absolute atomic E-state index is 0.467. The highest BCUT2D eigenvalue weighted by atomic mass is 16.5. The fraction of sp³-hybridized carbons (Fsp3) is 0.471. The number of ether oxygens (including phenoxy) is 1. The molecule has 2 N–H and O–H groups in total. The van der Waals surface area contributed by atoms with Gasteiger partial charge in [0.1, 0.15) is 11.5 Å². The van der Waals surface area contributed by atoms with Crippen molar-refractivity contribution in [1.29, 1.82) is 0 Å². The van der Waals surface area contributed by atoms with Gasteiger partial charge in [-0.25, -0.2) is 0 Å². The molecule has 0 saturated heterocycles. The SMILES string of the molecule is COc1cccc(-c2c(N)noc2CC2CCCCC2)c1. The van der Waals surface area contributed by atoms with E-state index < -0.39 is 0 Å². The van der Waals surface area contributed by atoms with Crippen molar-refractivity contribution < 1.29 is 9.26 Å². The van der Waals surface area contributed by atoms with Gasteiger partial charge in [-0.05, 0) is 23.6 Å². The molecule has 0 spiro atoms. The van der Waals surface area contributed by atoms with Gasteiger partial charge in [-0.1, -0.05) is 49.4 Å². The molecular weight excluding hydrogens is 264 g/mol. The highest BCUT2D eigenvalue weighted by Crippen LogP contribution is 2.35. The Hall–Kier alpha value is -1.97. The van der Waals surface area contributed by atoms with Gasteiger partial charge in [-0.2, -0.15) is 0 Å². The normalized spacial score (nSPS) is 16.0. The van der Waals surface area contributed by atoms with Crippen LogP contribution in [0, 0.1) is 5.92 Å². The Balaban J connectivity index is 1.88. The molecule has 0 atom stereocenters. The molecule has 21 heavy (non-hydrogen) atoms. The van der Waals surface area contributed by atoms with E-state index in [0.29, 0.717) is 11.7 Å². The molecule has 0 unspecified atom stereocenters. The van der Waals surface area contributed by atoms with Crippen molar-refractivity contribution in [1.82, 2.24) is 5.16 Å². The lowest BCUT2D eigenvalue weighted by atomic mass is 9.85. The second kappa shape index (κ2) is 6.20. The summed E-state index contributed by atoms with van der Waals surface area (Å²) >= 11 is 0. The molecular formula is C17H22N2O2. The number of nitrogens with zero attached hydrogens (tertiary/aromatic N) is 1. The van der Waals surface area contributed by atoms with Crippen LogP contribution < -0.4 is 10.5 Å². The Labute approximate surface area is 125 Å². The first kappa shape index (κ1) is 14.0. The van der Waals surface area contributed by atoms with Crippen molar-refractivity contribution in [2.24, 2.45) is 5.92 Å². The third kappa shape index (κ3) is 3.04. The van der Waals surface area contributed by atoms with E-state index >= 15 is 0 Å². The summed E-state index contributed by atoms with van der Waals surface area (Å²) in [6.07, 6.45) is 7.48. The average Bonchev–Trinajstić information content (AvgIpc) is 2.89. The third-order valence-electron chi connectivity index (χ3n) is 4.35. The lowest BCUT2D eigenvalue weighted by Gasteiger charge is -2.20. The maximum Gasteiger partial charge on any atom is 0.175 e. The van der Waals surface area contributed by atoms with E-state index in [2.05, 4.69) is 5.16 Å². The molecule has 0 radical (unpaired) electrons. The van der Waals surface area contributed by atoms with Crippen LogP contribution in [0.2, 0.25) is 0 Å². The number of nitrogens with two attached hydrogens (primary N) is 1. The van der Waals surface area contributed by atoms with Crippen molar-refractivity contribution in [3.8, 4) is 16.9 Å². The Morgan fingerprint density at radius 3 is 2.86 bits per heavy atom. The van der Waals surface area contributed by atoms with Crippen LogP contribution in [-0.2, 0) is 6.42 Å². The molecule has 4 nitrogen and oxygen atoms in total. The summed E-state index contributed by atoms with van der Waals surface area (Å²) in [5.74, 6) is 2.88. The van der Waals surface area contributed by atoms with Gasteiger partial charge in [0.25, 0.3) is 0 Å². The Kier molecular flexibility index (Phi) is 4.13. The molecule has 1 heterocycles. The number of methoxy groups -OCH3 is 1. The third-order valence-corrected chi connectivity index (χ3v) is 4.35. The first-order chi connectivity index (χ1) is 10.3. The molecule has 0 bridgehead atoms. The van der Waals surface area contributed by atoms with Gasteiger partial charge < -0.3 is 15.0 Å². The monoisotopic (exact) mass is 286 g/mol. The number of nitrogen functional groups attached to an aromatic ring is 1. The van der Waals surface area contributed by atoms with Crippen LogP contribution in [0.3, 0.4) is 0 Å². The van der Waals surface area contributed by atoms with E-state index in [1.807, 2.05) is 24.3 Å². The summed E-state index contributed by atoms with van der Waals surface area (Å²) in [7, 11) is 1.67. The second-order valence-corrected chi connectivity index (χ2v) is 5.81. The van der Waals surface area contributed by atoms with E-state index in [9.17, 15) is 0 Å². The number of anilines is 1. The Morgan fingerprint density at radius 2 is 2.10 bits per heavy atom. The van der Waals surface area contributed by atoms with Gasteiger partial charge in [0.2, 0.25) is 0 Å². The summed E-state index contributed by atoms with van der Waals surface area (Å²) in [5, 5.41) is 3.98. The van der Waals surface area contributed by atoms with Crippen molar-refractivity contribution in [3.05, 3.63) is 30.0 Å². The summed E-state index contributed by atoms with van der Waals surface area (Å²) in [6, 6.07) is 7.89. The largest absolute Gasteiger partial charge is 0.497 e. The van der Waals surface area contributed by atoms with Crippen LogP contribution in [0.15, 0.2) is 28.8 Å². The first-order valence-electron chi connectivity index (χ1n) is 7.66. The summed E-state index contributed by atoms with van der Waals surface area (Å²) in [6.45, 7) is 0. The fourth-order valence-corrected chi connectivity index (χ4v) is 3.22. The highest BCUT2D eigenvalue weighted by molar-refractivity contribution is 5.76. The second-order valence-electron chi connectivity index (χ2n) is 5.81. The van der Waals surface area contributed by atoms with Crippen molar-refractivity contribution in [2.75, 3.05) is 12.8 Å². The van der Waals surface area contributed by atoms with Gasteiger partial charge in [-0.3, -0.25) is 0 Å². The van der Waals surface area contributed by atoms with Crippen LogP contribution >= 0.6 is 0 Å². The molecule has 1 aromatic carbocycles. The van der Waals surface area contributed by atoms with Gasteiger partial charge in [0.05, 0.1) is 12.7 Å². The van der Waals surface area contributed by atoms with E-state index in [-0.39, 0.29) is 0 Å². The minimum atomic E-state index is 0.467. The van der Waals surface area contributed by atoms with E-state index in [1.54, 1.807) is 7.11 Å². The van der Waals surface area contributed by atoms with Crippen LogP contribution in [0.25, 0.3) is 11.1 Å². The lowest BCUT2D eigenvalue weighted by Crippen LogP contribution is -2.09. The average molecular weight is 286 g/mol. The standard InChI is InChI=1S/C17H22N2O2/c1-20-14-9-5-8-13(11-14)16-15(21-19-17(16)18)10-12-6-3-2-4-7-12/h5,8-9,11-12H,2-4,6-7,10H2,1H3,(H2,18,19). The smallest absolute Gasteiger partial charge is 0.175 e. The minimum Gasteiger partial charge on any atom is -0.497 e. The van der Waals surface area contributed by atoms with Crippen LogP contribution in [0.1, 0.15) is 37.9 Å². The van der Waals surface area contributed by atoms with Crippen LogP contribution in [0.5, 0.6) is 5.75 Å². The number of hydrogen-bond donors (Lipinski definition) is 1. The molecule has 3 rings (SSSR count). The highest BCUT2D eigenvalue weighted by Gasteiger charge is 2.21. The van der Waals surface area contributed by atoms with Gasteiger partial charge in [-0.15, -0.1) is 0 Å². The summed E-state index contributed by atoms with van der Waals surface area (Å²) in [4.78, 5) is 0. The molecule has 0 amide bonds. The topological polar surface area (TPSA) is 61.3 Å². The molecule has 4 heteroatoms. The number of hydrogen-bond acceptors (Lipinski definition) is 4. The van der Waals surface area contributed by atoms with E-state index in [1.165, 1.54) is 32.1 Å². The predicted molar refractivity (Wildman–Crippen MR) is 83.2 cm³/mol. The number of benzene rings is 1. The first-order valence-corrected chi connectivity index (χ1v) is 7.66.